The topological polar surface area (TPSA) is 309 Å². The van der Waals surface area contributed by atoms with E-state index in [0.717, 1.165) is 199 Å². The van der Waals surface area contributed by atoms with Gasteiger partial charge in [0.15, 0.2) is 18.4 Å². The first kappa shape index (κ1) is 102. The third-order valence-corrected chi connectivity index (χ3v) is 20.6. The molecule has 1 heterocycles. The van der Waals surface area contributed by atoms with Gasteiger partial charge in [-0.05, 0) is 77.4 Å². The summed E-state index contributed by atoms with van der Waals surface area (Å²) in [6.07, 6.45) is 33.5. The van der Waals surface area contributed by atoms with Crippen LogP contribution in [0.25, 0.3) is 0 Å². The highest BCUT2D eigenvalue weighted by atomic mass is 31.2. The highest BCUT2D eigenvalue weighted by Gasteiger charge is 2.52. The minimum Gasteiger partial charge on any atom is -0.480 e. The number of ether oxygens (including phenoxy) is 6. The number of rotatable bonds is 72. The fourth-order valence-corrected chi connectivity index (χ4v) is 14.0. The molecule has 106 heavy (non-hydrogen) atoms. The molecular weight excluding hydrogens is 1370 g/mol. The average molecular weight is 1530 g/mol. The molecule has 6 N–H and O–H groups in total. The lowest BCUT2D eigenvalue weighted by atomic mass is 9.95. The molecule has 1 aliphatic heterocycles. The summed E-state index contributed by atoms with van der Waals surface area (Å²) in [6, 6.07) is -3.59. The third-order valence-electron chi connectivity index (χ3n) is 20.0. The number of unbranched alkanes of at least 4 members (excludes halogenated alkanes) is 38. The summed E-state index contributed by atoms with van der Waals surface area (Å²) in [5.74, 6) is -5.57. The van der Waals surface area contributed by atoms with Gasteiger partial charge >= 0.3 is 37.7 Å². The summed E-state index contributed by atoms with van der Waals surface area (Å²) in [5, 5.41) is 26.8. The number of aliphatic carboxylic acids is 1. The predicted octanol–water partition coefficient (Wildman–Crippen LogP) is 19.0. The maximum absolute atomic E-state index is 14.7. The Morgan fingerprint density at radius 1 is 0.415 bits per heavy atom. The fraction of sp³-hybridized carbons (Fsp3) is 0.916. The summed E-state index contributed by atoms with van der Waals surface area (Å²) in [5.41, 5.74) is 0. The minimum atomic E-state index is -5.56. The van der Waals surface area contributed by atoms with Crippen LogP contribution in [0.4, 0.5) is 0 Å². The molecule has 1 aliphatic rings. The van der Waals surface area contributed by atoms with E-state index >= 15 is 0 Å². The van der Waals surface area contributed by atoms with E-state index in [1.165, 1.54) is 64.6 Å². The van der Waals surface area contributed by atoms with Crippen molar-refractivity contribution in [3.8, 4) is 0 Å². The van der Waals surface area contributed by atoms with Gasteiger partial charge in [0.25, 0.3) is 0 Å². The van der Waals surface area contributed by atoms with E-state index in [4.69, 9.17) is 32.9 Å². The van der Waals surface area contributed by atoms with Crippen LogP contribution in [-0.2, 0) is 71.1 Å². The molecule has 9 atom stereocenters. The van der Waals surface area contributed by atoms with Gasteiger partial charge in [-0.1, -0.05) is 306 Å². The normalized spacial score (nSPS) is 17.0. The van der Waals surface area contributed by atoms with Crippen molar-refractivity contribution >= 4 is 49.5 Å². The lowest BCUT2D eigenvalue weighted by Crippen LogP contribution is -2.66. The molecule has 0 aromatic carbocycles. The van der Waals surface area contributed by atoms with Crippen LogP contribution in [0.3, 0.4) is 0 Å². The molecule has 0 unspecified atom stereocenters. The standard InChI is InChI=1S/C77H143N2O19P.C6H15N/c1-7-13-19-24-29-32-37-40-46-51-62(93-70(84)55-49-43-35-27-22-16-10-4)57-67(81)78-65(76(87)88)61-92-77-73(79-68(82)58-63(94-69(83)54-45-18-12-6)52-47-41-38-33-30-25-20-14-8-2)75(74(66(60-80)96-77)98-99(89,90)91)97-72(86)59-64(53-48-42-39-34-31-26-21-15-9-3)95-71(85)56-50-44-36-28-23-17-11-5;1-4-7(5-2)6-3/h62-66,73-75,77,80H,7-61H2,1-6H3,(H,78,81)(H,79,82)(H,87,88)(H2,89,90,91);4-6H2,1-3H3/t62-,63-,64-,65+,66-,73-,74-,75-,77+;/m1./s1. The van der Waals surface area contributed by atoms with Gasteiger partial charge < -0.3 is 64.0 Å². The van der Waals surface area contributed by atoms with Crippen LogP contribution in [0.1, 0.15) is 403 Å². The summed E-state index contributed by atoms with van der Waals surface area (Å²) in [4.78, 5) is 120. The molecule has 1 rings (SSSR count). The largest absolute Gasteiger partial charge is 0.480 e. The molecule has 0 radical (unpaired) electrons. The molecule has 0 spiro atoms. The number of carbonyl (C=O) groups excluding carboxylic acids is 6. The molecule has 0 bridgehead atoms. The number of phosphoric acid groups is 1. The molecule has 0 aliphatic carbocycles. The first-order chi connectivity index (χ1) is 51.2. The number of nitrogens with one attached hydrogen (secondary N) is 2. The average Bonchev–Trinajstić information content (AvgIpc) is 0.780. The fourth-order valence-electron chi connectivity index (χ4n) is 13.5. The zero-order valence-electron chi connectivity index (χ0n) is 68.5. The van der Waals surface area contributed by atoms with Crippen LogP contribution >= 0.6 is 7.82 Å². The van der Waals surface area contributed by atoms with E-state index in [1.54, 1.807) is 0 Å². The van der Waals surface area contributed by atoms with Crippen LogP contribution in [0.5, 0.6) is 0 Å². The van der Waals surface area contributed by atoms with Gasteiger partial charge in [0.05, 0.1) is 32.5 Å². The summed E-state index contributed by atoms with van der Waals surface area (Å²) in [7, 11) is -5.56. The number of aliphatic hydroxyl groups is 1. The zero-order chi connectivity index (χ0) is 78.7. The Morgan fingerprint density at radius 3 is 1.05 bits per heavy atom. The molecule has 1 saturated heterocycles. The van der Waals surface area contributed by atoms with Gasteiger partial charge in [-0.15, -0.1) is 0 Å². The molecule has 23 heteroatoms. The molecule has 0 aromatic heterocycles. The molecule has 0 aromatic rings. The maximum Gasteiger partial charge on any atom is 0.470 e. The van der Waals surface area contributed by atoms with Gasteiger partial charge in [-0.3, -0.25) is 33.3 Å². The van der Waals surface area contributed by atoms with Crippen LogP contribution in [0.2, 0.25) is 0 Å². The lowest BCUT2D eigenvalue weighted by Gasteiger charge is -2.45. The molecule has 1 fully saturated rings. The quantitative estimate of drug-likeness (QED) is 0.0143. The Balaban J connectivity index is 0.0000149. The predicted molar refractivity (Wildman–Crippen MR) is 422 cm³/mol. The summed E-state index contributed by atoms with van der Waals surface area (Å²) < 4.78 is 54.6. The number of carboxylic acid groups (broad SMARTS) is 1. The molecular formula is C83H158N3O19P. The van der Waals surface area contributed by atoms with E-state index in [2.05, 4.69) is 70.9 Å². The lowest BCUT2D eigenvalue weighted by molar-refractivity contribution is -0.272. The van der Waals surface area contributed by atoms with E-state index in [0.29, 0.717) is 51.4 Å². The van der Waals surface area contributed by atoms with Gasteiger partial charge in [0, 0.05) is 19.3 Å². The van der Waals surface area contributed by atoms with Crippen molar-refractivity contribution in [1.29, 1.82) is 0 Å². The van der Waals surface area contributed by atoms with Crippen molar-refractivity contribution in [1.82, 2.24) is 15.5 Å². The highest BCUT2D eigenvalue weighted by Crippen LogP contribution is 2.42. The number of hydrogen-bond donors (Lipinski definition) is 6. The first-order valence-corrected chi connectivity index (χ1v) is 44.7. The van der Waals surface area contributed by atoms with E-state index in [-0.39, 0.29) is 32.1 Å². The van der Waals surface area contributed by atoms with Crippen LogP contribution in [0, 0.1) is 0 Å². The van der Waals surface area contributed by atoms with Crippen molar-refractivity contribution in [2.24, 2.45) is 0 Å². The Kier molecular flexibility index (Phi) is 67.9. The number of esters is 4. The van der Waals surface area contributed by atoms with E-state index in [9.17, 15) is 58.1 Å². The van der Waals surface area contributed by atoms with Crippen molar-refractivity contribution in [2.45, 2.75) is 458 Å². The number of nitrogens with zero attached hydrogens (tertiary/aromatic N) is 1. The Morgan fingerprint density at radius 2 is 0.726 bits per heavy atom. The highest BCUT2D eigenvalue weighted by molar-refractivity contribution is 7.46. The maximum atomic E-state index is 14.7. The van der Waals surface area contributed by atoms with Crippen LogP contribution in [-0.4, -0.2) is 154 Å². The van der Waals surface area contributed by atoms with Crippen molar-refractivity contribution in [2.75, 3.05) is 32.8 Å². The van der Waals surface area contributed by atoms with Crippen LogP contribution < -0.4 is 10.6 Å². The number of phosphoric ester groups is 1. The van der Waals surface area contributed by atoms with Crippen molar-refractivity contribution in [3.63, 3.8) is 0 Å². The monoisotopic (exact) mass is 1530 g/mol. The number of hydrogen-bond acceptors (Lipinski definition) is 17. The smallest absolute Gasteiger partial charge is 0.470 e. The van der Waals surface area contributed by atoms with Crippen molar-refractivity contribution < 1.29 is 91.1 Å². The second-order valence-corrected chi connectivity index (χ2v) is 30.9. The van der Waals surface area contributed by atoms with Crippen LogP contribution in [0.15, 0.2) is 0 Å². The number of carbonyl (C=O) groups is 7. The molecule has 22 nitrogen and oxygen atoms in total. The number of aliphatic hydroxyl groups excluding tert-OH is 1. The molecule has 624 valence electrons. The summed E-state index contributed by atoms with van der Waals surface area (Å²) in [6.45, 7) is 21.1. The van der Waals surface area contributed by atoms with Gasteiger partial charge in [-0.25, -0.2) is 9.36 Å². The van der Waals surface area contributed by atoms with E-state index < -0.39 is 131 Å². The zero-order valence-corrected chi connectivity index (χ0v) is 69.4. The summed E-state index contributed by atoms with van der Waals surface area (Å²) >= 11 is 0. The Bertz CT molecular complexity index is 2200. The van der Waals surface area contributed by atoms with Crippen molar-refractivity contribution in [3.05, 3.63) is 0 Å². The van der Waals surface area contributed by atoms with E-state index in [1.807, 2.05) is 6.92 Å². The third kappa shape index (κ3) is 58.2. The minimum absolute atomic E-state index is 0.123. The Labute approximate surface area is 643 Å². The van der Waals surface area contributed by atoms with Gasteiger partial charge in [0.2, 0.25) is 11.8 Å². The molecule has 0 saturated carbocycles. The second kappa shape index (κ2) is 70.4. The number of amides is 2. The van der Waals surface area contributed by atoms with Gasteiger partial charge in [0.1, 0.15) is 36.6 Å². The second-order valence-electron chi connectivity index (χ2n) is 29.7. The first-order valence-electron chi connectivity index (χ1n) is 43.1. The molecule has 2 amide bonds. The number of carboxylic acids is 1. The Hall–Kier alpha value is -3.76. The van der Waals surface area contributed by atoms with Gasteiger partial charge in [-0.2, -0.15) is 0 Å². The SMILES string of the molecule is CCCCCCCCCCC[C@H](CC(=O)N[C@H]1[C@@H](OC[C@H](NC(=O)C[C@@H](CCCCCCCCCCC)OC(=O)CCCCCCCCC)C(=O)O)O[C@H](CO)[C@@H](OP(=O)(O)O)[C@@H]1OC(=O)C[C@@H](CCCCCCCCCCC)OC(=O)CCCCCCCCC)OC(=O)CCCCC.CCN(CC)CC.